The monoisotopic (exact) mass is 516 g/mol. The van der Waals surface area contributed by atoms with Crippen molar-refractivity contribution in [3.05, 3.63) is 74.8 Å². The molecule has 2 aromatic heterocycles. The number of tetrazole rings is 1. The molecule has 3 heterocycles. The zero-order chi connectivity index (χ0) is 27.0. The van der Waals surface area contributed by atoms with Crippen LogP contribution >= 0.6 is 0 Å². The number of rotatable bonds is 9. The third-order valence-corrected chi connectivity index (χ3v) is 7.79. The fourth-order valence-corrected chi connectivity index (χ4v) is 5.00. The molecule has 0 saturated heterocycles. The van der Waals surface area contributed by atoms with Crippen molar-refractivity contribution in [2.45, 2.75) is 79.1 Å². The number of nitrogens with zero attached hydrogens (tertiary/aromatic N) is 5. The molecule has 38 heavy (non-hydrogen) atoms. The number of fused-ring (bicyclic) bond motifs is 2. The third-order valence-electron chi connectivity index (χ3n) is 7.79. The van der Waals surface area contributed by atoms with Crippen LogP contribution in [0, 0.1) is 13.8 Å². The van der Waals surface area contributed by atoms with Gasteiger partial charge in [0.2, 0.25) is 6.79 Å². The van der Waals surface area contributed by atoms with Crippen LogP contribution in [0.5, 0.6) is 11.5 Å². The number of aromatic amines is 1. The van der Waals surface area contributed by atoms with E-state index >= 15 is 0 Å². The SMILES string of the molecule is CC[C@@H](c1nnnn1C(C)(C)CC)N(Cc1ccc2c(c1)OCO2)Cc1cc2cc(C)c(C)cc2[nH]c1=O. The fourth-order valence-electron chi connectivity index (χ4n) is 5.00. The van der Waals surface area contributed by atoms with Crippen LogP contribution in [0.1, 0.15) is 74.7 Å². The predicted molar refractivity (Wildman–Crippen MR) is 146 cm³/mol. The van der Waals surface area contributed by atoms with Crippen LogP contribution in [0.15, 0.2) is 41.2 Å². The molecule has 0 aliphatic carbocycles. The molecule has 0 amide bonds. The first-order valence-electron chi connectivity index (χ1n) is 13.2. The van der Waals surface area contributed by atoms with Crippen molar-refractivity contribution in [3.63, 3.8) is 0 Å². The summed E-state index contributed by atoms with van der Waals surface area (Å²) in [6, 6.07) is 12.1. The minimum Gasteiger partial charge on any atom is -0.454 e. The van der Waals surface area contributed by atoms with Gasteiger partial charge in [0.25, 0.3) is 5.56 Å². The first-order chi connectivity index (χ1) is 18.2. The summed E-state index contributed by atoms with van der Waals surface area (Å²) in [5.41, 5.74) is 4.64. The summed E-state index contributed by atoms with van der Waals surface area (Å²) in [6.07, 6.45) is 1.65. The summed E-state index contributed by atoms with van der Waals surface area (Å²) in [7, 11) is 0. The lowest BCUT2D eigenvalue weighted by Crippen LogP contribution is -2.36. The smallest absolute Gasteiger partial charge is 0.252 e. The zero-order valence-electron chi connectivity index (χ0n) is 23.0. The van der Waals surface area contributed by atoms with Gasteiger partial charge in [-0.15, -0.1) is 5.10 Å². The number of H-pyrrole nitrogens is 1. The molecular weight excluding hydrogens is 480 g/mol. The number of aryl methyl sites for hydroxylation is 2. The molecule has 5 rings (SSSR count). The van der Waals surface area contributed by atoms with Crippen molar-refractivity contribution in [1.29, 1.82) is 0 Å². The number of aromatic nitrogens is 5. The highest BCUT2D eigenvalue weighted by atomic mass is 16.7. The van der Waals surface area contributed by atoms with Gasteiger partial charge in [-0.3, -0.25) is 9.69 Å². The molecule has 9 nitrogen and oxygen atoms in total. The van der Waals surface area contributed by atoms with E-state index in [-0.39, 0.29) is 23.9 Å². The van der Waals surface area contributed by atoms with Crippen LogP contribution in [-0.4, -0.2) is 36.9 Å². The van der Waals surface area contributed by atoms with E-state index in [0.717, 1.165) is 52.2 Å². The standard InChI is InChI=1S/C29H36N6O3/c1-7-24(27-31-32-33-35(27)29(5,6)8-2)34(15-20-9-10-25-26(13-20)38-17-37-25)16-22-14-21-11-18(3)19(4)12-23(21)30-28(22)36/h9-14,24H,7-8,15-17H2,1-6H3,(H,30,36)/t24-/m0/s1. The molecule has 0 saturated carbocycles. The first kappa shape index (κ1) is 25.9. The maximum atomic E-state index is 13.3. The Bertz CT molecular complexity index is 1520. The van der Waals surface area contributed by atoms with Crippen LogP contribution in [0.2, 0.25) is 0 Å². The van der Waals surface area contributed by atoms with Crippen LogP contribution in [0.3, 0.4) is 0 Å². The zero-order valence-corrected chi connectivity index (χ0v) is 23.0. The highest BCUT2D eigenvalue weighted by Crippen LogP contribution is 2.35. The quantitative estimate of drug-likeness (QED) is 0.328. The lowest BCUT2D eigenvalue weighted by atomic mass is 10.0. The van der Waals surface area contributed by atoms with Gasteiger partial charge < -0.3 is 14.5 Å². The van der Waals surface area contributed by atoms with Crippen LogP contribution in [0.4, 0.5) is 0 Å². The second-order valence-corrected chi connectivity index (χ2v) is 10.8. The lowest BCUT2D eigenvalue weighted by Gasteiger charge is -2.33. The number of nitrogens with one attached hydrogen (secondary N) is 1. The van der Waals surface area contributed by atoms with Gasteiger partial charge in [-0.2, -0.15) is 0 Å². The largest absolute Gasteiger partial charge is 0.454 e. The summed E-state index contributed by atoms with van der Waals surface area (Å²) in [4.78, 5) is 18.7. The Morgan fingerprint density at radius 3 is 2.58 bits per heavy atom. The molecule has 4 aromatic rings. The normalized spacial score (nSPS) is 14.0. The Morgan fingerprint density at radius 1 is 1.05 bits per heavy atom. The highest BCUT2D eigenvalue weighted by Gasteiger charge is 2.31. The van der Waals surface area contributed by atoms with Crippen molar-refractivity contribution < 1.29 is 9.47 Å². The number of hydrogen-bond acceptors (Lipinski definition) is 7. The molecule has 200 valence electrons. The molecule has 0 unspecified atom stereocenters. The molecular formula is C29H36N6O3. The topological polar surface area (TPSA) is 98.2 Å². The van der Waals surface area contributed by atoms with E-state index in [1.807, 2.05) is 35.0 Å². The molecule has 2 aromatic carbocycles. The van der Waals surface area contributed by atoms with Gasteiger partial charge in [0.05, 0.1) is 11.6 Å². The summed E-state index contributed by atoms with van der Waals surface area (Å²) in [5, 5.41) is 13.9. The molecule has 0 radical (unpaired) electrons. The van der Waals surface area contributed by atoms with Crippen molar-refractivity contribution in [3.8, 4) is 11.5 Å². The molecule has 1 atom stereocenters. The average molecular weight is 517 g/mol. The lowest BCUT2D eigenvalue weighted by molar-refractivity contribution is 0.150. The van der Waals surface area contributed by atoms with E-state index in [9.17, 15) is 4.79 Å². The summed E-state index contributed by atoms with van der Waals surface area (Å²) >= 11 is 0. The Labute approximate surface area is 222 Å². The summed E-state index contributed by atoms with van der Waals surface area (Å²) in [5.74, 6) is 2.28. The highest BCUT2D eigenvalue weighted by molar-refractivity contribution is 5.80. The second kappa shape index (κ2) is 10.2. The first-order valence-corrected chi connectivity index (χ1v) is 13.2. The van der Waals surface area contributed by atoms with E-state index in [4.69, 9.17) is 9.47 Å². The Balaban J connectivity index is 1.57. The number of hydrogen-bond donors (Lipinski definition) is 1. The Morgan fingerprint density at radius 2 is 1.82 bits per heavy atom. The van der Waals surface area contributed by atoms with Crippen molar-refractivity contribution in [2.75, 3.05) is 6.79 Å². The van der Waals surface area contributed by atoms with E-state index in [2.05, 4.69) is 73.0 Å². The minimum absolute atomic E-state index is 0.0835. The molecule has 9 heteroatoms. The van der Waals surface area contributed by atoms with Gasteiger partial charge in [0, 0.05) is 24.2 Å². The average Bonchev–Trinajstić information content (AvgIpc) is 3.56. The summed E-state index contributed by atoms with van der Waals surface area (Å²) in [6.45, 7) is 13.9. The van der Waals surface area contributed by atoms with E-state index in [1.165, 1.54) is 5.56 Å². The molecule has 1 N–H and O–H groups in total. The number of ether oxygens (including phenoxy) is 2. The molecule has 0 spiro atoms. The van der Waals surface area contributed by atoms with E-state index < -0.39 is 0 Å². The maximum Gasteiger partial charge on any atom is 0.252 e. The predicted octanol–water partition coefficient (Wildman–Crippen LogP) is 5.16. The number of pyridine rings is 1. The van der Waals surface area contributed by atoms with E-state index in [1.54, 1.807) is 0 Å². The Kier molecular flexibility index (Phi) is 6.96. The number of benzene rings is 2. The van der Waals surface area contributed by atoms with Gasteiger partial charge in [0.1, 0.15) is 0 Å². The molecule has 0 fully saturated rings. The molecule has 1 aliphatic heterocycles. The van der Waals surface area contributed by atoms with Gasteiger partial charge in [-0.25, -0.2) is 4.68 Å². The van der Waals surface area contributed by atoms with Gasteiger partial charge in [-0.1, -0.05) is 19.9 Å². The Hall–Kier alpha value is -3.72. The van der Waals surface area contributed by atoms with Gasteiger partial charge >= 0.3 is 0 Å². The van der Waals surface area contributed by atoms with Gasteiger partial charge in [0.15, 0.2) is 17.3 Å². The van der Waals surface area contributed by atoms with Crippen molar-refractivity contribution >= 4 is 10.9 Å². The van der Waals surface area contributed by atoms with Crippen LogP contribution in [0.25, 0.3) is 10.9 Å². The summed E-state index contributed by atoms with van der Waals surface area (Å²) < 4.78 is 13.1. The second-order valence-electron chi connectivity index (χ2n) is 10.8. The van der Waals surface area contributed by atoms with E-state index in [0.29, 0.717) is 18.7 Å². The van der Waals surface area contributed by atoms with Crippen LogP contribution < -0.4 is 15.0 Å². The maximum absolute atomic E-state index is 13.3. The fraction of sp³-hybridized carbons (Fsp3) is 0.448. The molecule has 1 aliphatic rings. The van der Waals surface area contributed by atoms with Crippen molar-refractivity contribution in [1.82, 2.24) is 30.1 Å². The van der Waals surface area contributed by atoms with Gasteiger partial charge in [-0.05, 0) is 103 Å². The van der Waals surface area contributed by atoms with Crippen molar-refractivity contribution in [2.24, 2.45) is 0 Å². The minimum atomic E-state index is -0.244. The van der Waals surface area contributed by atoms with Crippen LogP contribution in [-0.2, 0) is 18.6 Å². The third kappa shape index (κ3) is 4.90. The molecule has 0 bridgehead atoms.